The Balaban J connectivity index is 1.64. The minimum atomic E-state index is -3.58. The van der Waals surface area contributed by atoms with E-state index in [4.69, 9.17) is 4.52 Å². The summed E-state index contributed by atoms with van der Waals surface area (Å²) >= 11 is 0. The maximum atomic E-state index is 12.5. The average molecular weight is 426 g/mol. The van der Waals surface area contributed by atoms with Crippen LogP contribution >= 0.6 is 0 Å². The van der Waals surface area contributed by atoms with Crippen molar-refractivity contribution in [3.63, 3.8) is 0 Å². The lowest BCUT2D eigenvalue weighted by Crippen LogP contribution is -2.25. The van der Waals surface area contributed by atoms with Crippen LogP contribution in [-0.2, 0) is 21.2 Å². The molecule has 0 aliphatic heterocycles. The molecule has 0 aliphatic carbocycles. The van der Waals surface area contributed by atoms with E-state index in [1.807, 2.05) is 30.3 Å². The van der Waals surface area contributed by atoms with Gasteiger partial charge in [-0.05, 0) is 42.7 Å². The Hall–Kier alpha value is -3.23. The summed E-state index contributed by atoms with van der Waals surface area (Å²) < 4.78 is 32.8. The molecule has 1 amide bonds. The molecule has 1 heterocycles. The van der Waals surface area contributed by atoms with E-state index in [1.54, 1.807) is 43.3 Å². The summed E-state index contributed by atoms with van der Waals surface area (Å²) in [7, 11) is -3.58. The Kier molecular flexibility index (Phi) is 6.81. The molecule has 1 aromatic heterocycles. The monoisotopic (exact) mass is 425 g/mol. The average Bonchev–Trinajstić information content (AvgIpc) is 3.06. The van der Waals surface area contributed by atoms with Crippen LogP contribution in [0.3, 0.4) is 0 Å². The van der Waals surface area contributed by atoms with E-state index >= 15 is 0 Å². The number of anilines is 1. The van der Waals surface area contributed by atoms with Crippen LogP contribution in [-0.4, -0.2) is 26.0 Å². The first-order valence-electron chi connectivity index (χ1n) is 9.41. The molecule has 3 aromatic rings. The van der Waals surface area contributed by atoms with Crippen molar-refractivity contribution in [1.82, 2.24) is 9.88 Å². The van der Waals surface area contributed by atoms with Gasteiger partial charge in [-0.2, -0.15) is 0 Å². The second-order valence-electron chi connectivity index (χ2n) is 6.72. The van der Waals surface area contributed by atoms with Crippen LogP contribution in [0.1, 0.15) is 29.5 Å². The van der Waals surface area contributed by atoms with Crippen LogP contribution in [0.2, 0.25) is 0 Å². The number of hydrogen-bond donors (Lipinski definition) is 2. The van der Waals surface area contributed by atoms with Gasteiger partial charge in [0.05, 0.1) is 4.90 Å². The lowest BCUT2D eigenvalue weighted by atomic mass is 10.2. The number of nitrogens with zero attached hydrogens (tertiary/aromatic N) is 1. The number of carbonyl (C=O) groups is 1. The van der Waals surface area contributed by atoms with Gasteiger partial charge in [-0.15, -0.1) is 0 Å². The molecule has 0 unspecified atom stereocenters. The number of aromatic nitrogens is 1. The lowest BCUT2D eigenvalue weighted by Gasteiger charge is -2.07. The zero-order valence-corrected chi connectivity index (χ0v) is 17.6. The molecule has 0 spiro atoms. The van der Waals surface area contributed by atoms with Gasteiger partial charge >= 0.3 is 0 Å². The molecule has 0 saturated carbocycles. The zero-order valence-electron chi connectivity index (χ0n) is 16.8. The number of sulfonamides is 1. The summed E-state index contributed by atoms with van der Waals surface area (Å²) in [6, 6.07) is 16.2. The molecule has 3 rings (SSSR count). The number of carbonyl (C=O) groups excluding carboxylic acids is 1. The van der Waals surface area contributed by atoms with Crippen LogP contribution < -0.4 is 10.0 Å². The van der Waals surface area contributed by atoms with Gasteiger partial charge in [0.25, 0.3) is 0 Å². The van der Waals surface area contributed by atoms with E-state index in [9.17, 15) is 13.2 Å². The second-order valence-corrected chi connectivity index (χ2v) is 8.49. The number of nitrogens with one attached hydrogen (secondary N) is 2. The van der Waals surface area contributed by atoms with Crippen molar-refractivity contribution in [2.75, 3.05) is 11.9 Å². The fourth-order valence-corrected chi connectivity index (χ4v) is 3.85. The lowest BCUT2D eigenvalue weighted by molar-refractivity contribution is -0.114. The molecule has 0 aliphatic rings. The van der Waals surface area contributed by atoms with Crippen LogP contribution in [0.4, 0.5) is 5.69 Å². The smallest absolute Gasteiger partial charge is 0.240 e. The molecule has 0 fully saturated rings. The highest BCUT2D eigenvalue weighted by molar-refractivity contribution is 7.89. The molecule has 7 nitrogen and oxygen atoms in total. The van der Waals surface area contributed by atoms with E-state index in [-0.39, 0.29) is 10.8 Å². The molecule has 30 heavy (non-hydrogen) atoms. The minimum absolute atomic E-state index is 0.196. The first-order chi connectivity index (χ1) is 14.3. The van der Waals surface area contributed by atoms with Crippen molar-refractivity contribution in [3.05, 3.63) is 77.2 Å². The van der Waals surface area contributed by atoms with Crippen molar-refractivity contribution in [3.8, 4) is 0 Å². The highest BCUT2D eigenvalue weighted by atomic mass is 32.2. The quantitative estimate of drug-likeness (QED) is 0.574. The topological polar surface area (TPSA) is 101 Å². The molecule has 8 heteroatoms. The molecule has 2 N–H and O–H groups in total. The van der Waals surface area contributed by atoms with E-state index in [0.717, 1.165) is 11.1 Å². The van der Waals surface area contributed by atoms with Crippen molar-refractivity contribution >= 4 is 33.8 Å². The zero-order chi connectivity index (χ0) is 21.6. The fraction of sp³-hybridized carbons (Fsp3) is 0.182. The summed E-state index contributed by atoms with van der Waals surface area (Å²) in [4.78, 5) is 11.5. The summed E-state index contributed by atoms with van der Waals surface area (Å²) in [5.74, 6) is 0.201. The summed E-state index contributed by atoms with van der Waals surface area (Å²) in [5.41, 5.74) is 2.94. The third kappa shape index (κ3) is 5.65. The van der Waals surface area contributed by atoms with Crippen LogP contribution in [0, 0.1) is 6.92 Å². The van der Waals surface area contributed by atoms with Crippen LogP contribution in [0.25, 0.3) is 12.2 Å². The third-order valence-corrected chi connectivity index (χ3v) is 5.83. The maximum Gasteiger partial charge on any atom is 0.240 e. The van der Waals surface area contributed by atoms with Gasteiger partial charge < -0.3 is 9.84 Å². The van der Waals surface area contributed by atoms with Crippen LogP contribution in [0.15, 0.2) is 64.0 Å². The van der Waals surface area contributed by atoms with Gasteiger partial charge in [0.2, 0.25) is 15.9 Å². The summed E-state index contributed by atoms with van der Waals surface area (Å²) in [6.07, 6.45) is 4.05. The van der Waals surface area contributed by atoms with E-state index in [1.165, 1.54) is 6.92 Å². The number of rotatable bonds is 8. The van der Waals surface area contributed by atoms with Gasteiger partial charge in [-0.1, -0.05) is 53.7 Å². The molecule has 0 saturated heterocycles. The van der Waals surface area contributed by atoms with E-state index in [0.29, 0.717) is 30.1 Å². The molecule has 2 aromatic carbocycles. The third-order valence-electron chi connectivity index (χ3n) is 4.36. The van der Waals surface area contributed by atoms with Gasteiger partial charge in [-0.3, -0.25) is 4.79 Å². The Morgan fingerprint density at radius 2 is 1.77 bits per heavy atom. The Morgan fingerprint density at radius 1 is 1.07 bits per heavy atom. The number of aryl methyl sites for hydroxylation is 1. The summed E-state index contributed by atoms with van der Waals surface area (Å²) in [6.45, 7) is 3.47. The molecule has 0 radical (unpaired) electrons. The summed E-state index contributed by atoms with van der Waals surface area (Å²) in [5, 5.41) is 6.53. The van der Waals surface area contributed by atoms with E-state index < -0.39 is 10.0 Å². The first kappa shape index (κ1) is 21.5. The molecule has 0 bridgehead atoms. The maximum absolute atomic E-state index is 12.5. The van der Waals surface area contributed by atoms with Gasteiger partial charge in [0.15, 0.2) is 5.76 Å². The largest absolute Gasteiger partial charge is 0.354 e. The number of benzene rings is 2. The van der Waals surface area contributed by atoms with Crippen molar-refractivity contribution in [1.29, 1.82) is 0 Å². The number of amides is 1. The molecular weight excluding hydrogens is 402 g/mol. The Morgan fingerprint density at radius 3 is 2.43 bits per heavy atom. The first-order valence-corrected chi connectivity index (χ1v) is 10.9. The van der Waals surface area contributed by atoms with E-state index in [2.05, 4.69) is 15.2 Å². The Labute approximate surface area is 175 Å². The van der Waals surface area contributed by atoms with Crippen molar-refractivity contribution < 1.29 is 17.7 Å². The predicted molar refractivity (Wildman–Crippen MR) is 116 cm³/mol. The van der Waals surface area contributed by atoms with Crippen molar-refractivity contribution in [2.24, 2.45) is 0 Å². The standard InChI is InChI=1S/C22H23N3O4S/c1-16-22(24-17(2)26)21(29-25-16)13-10-19-8-11-20(12-9-19)30(27,28)23-15-14-18-6-4-3-5-7-18/h3-13,23H,14-15H2,1-2H3,(H,24,26). The highest BCUT2D eigenvalue weighted by Crippen LogP contribution is 2.22. The second kappa shape index (κ2) is 9.51. The van der Waals surface area contributed by atoms with Crippen LogP contribution in [0.5, 0.6) is 0 Å². The highest BCUT2D eigenvalue weighted by Gasteiger charge is 2.14. The predicted octanol–water partition coefficient (Wildman–Crippen LogP) is 3.63. The number of hydrogen-bond acceptors (Lipinski definition) is 5. The Bertz CT molecular complexity index is 1130. The van der Waals surface area contributed by atoms with Gasteiger partial charge in [0.1, 0.15) is 11.4 Å². The molecule has 0 atom stereocenters. The van der Waals surface area contributed by atoms with Crippen molar-refractivity contribution in [2.45, 2.75) is 25.2 Å². The molecule has 156 valence electrons. The normalized spacial score (nSPS) is 11.7. The minimum Gasteiger partial charge on any atom is -0.354 e. The van der Waals surface area contributed by atoms with Gasteiger partial charge in [0, 0.05) is 13.5 Å². The SMILES string of the molecule is CC(=O)Nc1c(C)noc1C=Cc1ccc(S(=O)(=O)NCCc2ccccc2)cc1. The molecular formula is C22H23N3O4S. The fourth-order valence-electron chi connectivity index (χ4n) is 2.82. The van der Waals surface area contributed by atoms with Gasteiger partial charge in [-0.25, -0.2) is 13.1 Å².